The van der Waals surface area contributed by atoms with Crippen molar-refractivity contribution in [2.24, 2.45) is 0 Å². The Morgan fingerprint density at radius 1 is 1.00 bits per heavy atom. The molecule has 0 saturated carbocycles. The maximum absolute atomic E-state index is 13.5. The first-order valence-electron chi connectivity index (χ1n) is 4.87. The minimum Gasteiger partial charge on any atom is -0.422 e. The lowest BCUT2D eigenvalue weighted by Crippen LogP contribution is -1.98. The zero-order valence-electron chi connectivity index (χ0n) is 8.24. The van der Waals surface area contributed by atoms with Crippen LogP contribution in [0.1, 0.15) is 0 Å². The highest BCUT2D eigenvalue weighted by atomic mass is 19.1. The molecule has 3 rings (SSSR count). The molecule has 0 radical (unpaired) electrons. The van der Waals surface area contributed by atoms with Crippen molar-refractivity contribution in [2.75, 3.05) is 0 Å². The number of rotatable bonds is 0. The first-order valence-corrected chi connectivity index (χ1v) is 4.87. The molecule has 3 aromatic rings. The first kappa shape index (κ1) is 9.09. The number of fused-ring (bicyclic) bond motifs is 3. The Hall–Kier alpha value is -2.16. The molecule has 0 saturated heterocycles. The summed E-state index contributed by atoms with van der Waals surface area (Å²) in [5, 5.41) is 2.00. The van der Waals surface area contributed by atoms with E-state index < -0.39 is 11.4 Å². The molecule has 0 atom stereocenters. The Balaban J connectivity index is 2.65. The third-order valence-electron chi connectivity index (χ3n) is 2.58. The van der Waals surface area contributed by atoms with E-state index in [1.807, 2.05) is 18.2 Å². The summed E-state index contributed by atoms with van der Waals surface area (Å²) in [4.78, 5) is 11.1. The maximum atomic E-state index is 13.5. The topological polar surface area (TPSA) is 30.2 Å². The van der Waals surface area contributed by atoms with Crippen LogP contribution in [0, 0.1) is 5.82 Å². The minimum atomic E-state index is -0.665. The lowest BCUT2D eigenvalue weighted by atomic mass is 10.1. The summed E-state index contributed by atoms with van der Waals surface area (Å²) in [6.45, 7) is 0. The average Bonchev–Trinajstić information content (AvgIpc) is 2.28. The molecule has 0 unspecified atom stereocenters. The van der Waals surface area contributed by atoms with Gasteiger partial charge in [0.25, 0.3) is 0 Å². The minimum absolute atomic E-state index is 0.308. The SMILES string of the molecule is O=c1cc(F)c2ccc3ccccc3c2o1. The van der Waals surface area contributed by atoms with Crippen LogP contribution >= 0.6 is 0 Å². The molecule has 16 heavy (non-hydrogen) atoms. The number of halogens is 1. The molecule has 1 heterocycles. The smallest absolute Gasteiger partial charge is 0.339 e. The van der Waals surface area contributed by atoms with Gasteiger partial charge in [-0.3, -0.25) is 0 Å². The fraction of sp³-hybridized carbons (Fsp3) is 0. The second-order valence-electron chi connectivity index (χ2n) is 3.58. The van der Waals surface area contributed by atoms with Crippen molar-refractivity contribution in [3.05, 3.63) is 58.7 Å². The van der Waals surface area contributed by atoms with Gasteiger partial charge in [-0.25, -0.2) is 9.18 Å². The van der Waals surface area contributed by atoms with Crippen LogP contribution in [0.2, 0.25) is 0 Å². The standard InChI is InChI=1S/C13H7FO2/c14-11-7-12(15)16-13-9-4-2-1-3-8(9)5-6-10(11)13/h1-7H. The van der Waals surface area contributed by atoms with Gasteiger partial charge in [-0.05, 0) is 11.5 Å². The van der Waals surface area contributed by atoms with Gasteiger partial charge in [0.05, 0.1) is 11.5 Å². The zero-order valence-corrected chi connectivity index (χ0v) is 8.24. The van der Waals surface area contributed by atoms with Crippen molar-refractivity contribution in [3.63, 3.8) is 0 Å². The molecular weight excluding hydrogens is 207 g/mol. The van der Waals surface area contributed by atoms with Crippen molar-refractivity contribution in [1.29, 1.82) is 0 Å². The fourth-order valence-electron chi connectivity index (χ4n) is 1.85. The molecule has 1 aromatic heterocycles. The van der Waals surface area contributed by atoms with E-state index >= 15 is 0 Å². The van der Waals surface area contributed by atoms with Gasteiger partial charge in [0.1, 0.15) is 11.4 Å². The van der Waals surface area contributed by atoms with E-state index in [1.165, 1.54) is 0 Å². The van der Waals surface area contributed by atoms with Gasteiger partial charge in [0.2, 0.25) is 0 Å². The first-order chi connectivity index (χ1) is 7.75. The summed E-state index contributed by atoms with van der Waals surface area (Å²) in [6, 6.07) is 11.7. The van der Waals surface area contributed by atoms with Gasteiger partial charge in [-0.15, -0.1) is 0 Å². The van der Waals surface area contributed by atoms with Gasteiger partial charge in [0, 0.05) is 5.39 Å². The van der Waals surface area contributed by atoms with Crippen LogP contribution in [0.25, 0.3) is 21.7 Å². The molecule has 0 aliphatic carbocycles. The van der Waals surface area contributed by atoms with E-state index in [9.17, 15) is 9.18 Å². The van der Waals surface area contributed by atoms with Crippen LogP contribution in [0.3, 0.4) is 0 Å². The molecule has 0 N–H and O–H groups in total. The molecule has 0 spiro atoms. The van der Waals surface area contributed by atoms with Crippen LogP contribution in [-0.2, 0) is 0 Å². The van der Waals surface area contributed by atoms with Crippen molar-refractivity contribution in [3.8, 4) is 0 Å². The van der Waals surface area contributed by atoms with Crippen molar-refractivity contribution < 1.29 is 8.81 Å². The Bertz CT molecular complexity index is 744. The second kappa shape index (κ2) is 3.17. The largest absolute Gasteiger partial charge is 0.422 e. The van der Waals surface area contributed by atoms with Gasteiger partial charge in [0.15, 0.2) is 0 Å². The third-order valence-corrected chi connectivity index (χ3v) is 2.58. The van der Waals surface area contributed by atoms with Crippen molar-refractivity contribution in [2.45, 2.75) is 0 Å². The Morgan fingerprint density at radius 2 is 1.81 bits per heavy atom. The van der Waals surface area contributed by atoms with Crippen LogP contribution in [0.15, 0.2) is 51.7 Å². The maximum Gasteiger partial charge on any atom is 0.339 e. The van der Waals surface area contributed by atoms with E-state index in [0.717, 1.165) is 16.8 Å². The summed E-state index contributed by atoms with van der Waals surface area (Å²) in [7, 11) is 0. The summed E-state index contributed by atoms with van der Waals surface area (Å²) >= 11 is 0. The molecule has 78 valence electrons. The number of benzene rings is 2. The van der Waals surface area contributed by atoms with Crippen LogP contribution in [0.4, 0.5) is 4.39 Å². The van der Waals surface area contributed by atoms with Gasteiger partial charge in [-0.1, -0.05) is 30.3 Å². The number of hydrogen-bond acceptors (Lipinski definition) is 2. The van der Waals surface area contributed by atoms with Gasteiger partial charge in [-0.2, -0.15) is 0 Å². The van der Waals surface area contributed by atoms with E-state index in [2.05, 4.69) is 0 Å². The van der Waals surface area contributed by atoms with Gasteiger partial charge < -0.3 is 4.42 Å². The molecule has 0 amide bonds. The van der Waals surface area contributed by atoms with Crippen molar-refractivity contribution in [1.82, 2.24) is 0 Å². The summed E-state index contributed by atoms with van der Waals surface area (Å²) in [5.41, 5.74) is -0.357. The fourth-order valence-corrected chi connectivity index (χ4v) is 1.85. The van der Waals surface area contributed by atoms with Gasteiger partial charge >= 0.3 is 5.63 Å². The van der Waals surface area contributed by atoms with E-state index in [1.54, 1.807) is 18.2 Å². The molecule has 0 aliphatic heterocycles. The Morgan fingerprint density at radius 3 is 2.69 bits per heavy atom. The molecule has 0 bridgehead atoms. The Labute approximate surface area is 89.9 Å². The lowest BCUT2D eigenvalue weighted by Gasteiger charge is -2.02. The highest BCUT2D eigenvalue weighted by Crippen LogP contribution is 2.25. The molecule has 2 aromatic carbocycles. The normalized spacial score (nSPS) is 11.1. The second-order valence-corrected chi connectivity index (χ2v) is 3.58. The average molecular weight is 214 g/mol. The predicted molar refractivity (Wildman–Crippen MR) is 59.9 cm³/mol. The number of hydrogen-bond donors (Lipinski definition) is 0. The monoisotopic (exact) mass is 214 g/mol. The highest BCUT2D eigenvalue weighted by Gasteiger charge is 2.07. The van der Waals surface area contributed by atoms with E-state index in [4.69, 9.17) is 4.42 Å². The quantitative estimate of drug-likeness (QED) is 0.425. The van der Waals surface area contributed by atoms with Crippen LogP contribution in [-0.4, -0.2) is 0 Å². The summed E-state index contributed by atoms with van der Waals surface area (Å²) in [5.74, 6) is -0.544. The molecular formula is C13H7FO2. The van der Waals surface area contributed by atoms with Crippen molar-refractivity contribution >= 4 is 21.7 Å². The predicted octanol–water partition coefficient (Wildman–Crippen LogP) is 3.09. The Kier molecular flexibility index (Phi) is 1.80. The molecule has 2 nitrogen and oxygen atoms in total. The van der Waals surface area contributed by atoms with E-state index in [0.29, 0.717) is 11.0 Å². The molecule has 0 aliphatic rings. The zero-order chi connectivity index (χ0) is 11.1. The van der Waals surface area contributed by atoms with Crippen LogP contribution < -0.4 is 5.63 Å². The lowest BCUT2D eigenvalue weighted by molar-refractivity contribution is 0.541. The molecule has 3 heteroatoms. The summed E-state index contributed by atoms with van der Waals surface area (Å²) < 4.78 is 18.6. The summed E-state index contributed by atoms with van der Waals surface area (Å²) in [6.07, 6.45) is 0. The van der Waals surface area contributed by atoms with E-state index in [-0.39, 0.29) is 0 Å². The highest BCUT2D eigenvalue weighted by molar-refractivity contribution is 6.03. The molecule has 0 fully saturated rings. The van der Waals surface area contributed by atoms with Crippen LogP contribution in [0.5, 0.6) is 0 Å². The third kappa shape index (κ3) is 1.21.